The molecule has 0 unspecified atom stereocenters. The number of hydrogen-bond acceptors (Lipinski definition) is 2. The lowest BCUT2D eigenvalue weighted by atomic mass is 9.91. The molecular weight excluding hydrogens is 329 g/mol. The lowest BCUT2D eigenvalue weighted by molar-refractivity contribution is -0.131. The lowest BCUT2D eigenvalue weighted by Gasteiger charge is -2.31. The average Bonchev–Trinajstić information content (AvgIpc) is 3.06. The van der Waals surface area contributed by atoms with Gasteiger partial charge in [-0.15, -0.1) is 0 Å². The second kappa shape index (κ2) is 7.34. The minimum atomic E-state index is -0.385. The third-order valence-corrected chi connectivity index (χ3v) is 5.00. The molecule has 1 aliphatic heterocycles. The summed E-state index contributed by atoms with van der Waals surface area (Å²) in [6, 6.07) is 4.18. The van der Waals surface area contributed by atoms with Crippen molar-refractivity contribution in [2.24, 2.45) is 0 Å². The molecule has 1 aromatic carbocycles. The van der Waals surface area contributed by atoms with Crippen LogP contribution < -0.4 is 0 Å². The van der Waals surface area contributed by atoms with E-state index in [1.807, 2.05) is 15.8 Å². The first-order chi connectivity index (χ1) is 11.6. The predicted octanol–water partition coefficient (Wildman–Crippen LogP) is 3.64. The number of nitrogens with zero attached hydrogens (tertiary/aromatic N) is 3. The van der Waals surface area contributed by atoms with Crippen molar-refractivity contribution < 1.29 is 9.18 Å². The van der Waals surface area contributed by atoms with Gasteiger partial charge in [0, 0.05) is 30.9 Å². The highest BCUT2D eigenvalue weighted by Crippen LogP contribution is 2.28. The van der Waals surface area contributed by atoms with Crippen molar-refractivity contribution in [3.63, 3.8) is 0 Å². The van der Waals surface area contributed by atoms with Gasteiger partial charge in [0.25, 0.3) is 0 Å². The Kier molecular flexibility index (Phi) is 5.19. The minimum Gasteiger partial charge on any atom is -0.342 e. The van der Waals surface area contributed by atoms with Crippen molar-refractivity contribution in [3.8, 4) is 0 Å². The lowest BCUT2D eigenvalue weighted by Crippen LogP contribution is -2.38. The zero-order valence-corrected chi connectivity index (χ0v) is 14.5. The zero-order valence-electron chi connectivity index (χ0n) is 13.7. The molecule has 1 fully saturated rings. The third-order valence-electron chi connectivity index (χ3n) is 4.65. The van der Waals surface area contributed by atoms with Crippen LogP contribution in [0.15, 0.2) is 30.6 Å². The van der Waals surface area contributed by atoms with Crippen LogP contribution in [0.1, 0.15) is 36.8 Å². The second-order valence-corrected chi connectivity index (χ2v) is 6.60. The maximum Gasteiger partial charge on any atom is 0.227 e. The Hall–Kier alpha value is -1.88. The van der Waals surface area contributed by atoms with Crippen LogP contribution in [0.25, 0.3) is 0 Å². The molecular formula is C18H21ClFN3O. The first-order valence-electron chi connectivity index (χ1n) is 8.31. The topological polar surface area (TPSA) is 38.1 Å². The smallest absolute Gasteiger partial charge is 0.227 e. The van der Waals surface area contributed by atoms with Crippen LogP contribution in [0.4, 0.5) is 4.39 Å². The number of hydrogen-bond donors (Lipinski definition) is 0. The Balaban J connectivity index is 1.56. The molecule has 1 aliphatic rings. The fourth-order valence-electron chi connectivity index (χ4n) is 3.17. The van der Waals surface area contributed by atoms with Gasteiger partial charge in [-0.25, -0.2) is 4.39 Å². The molecule has 0 bridgehead atoms. The number of aromatic nitrogens is 2. The normalized spacial score (nSPS) is 15.7. The van der Waals surface area contributed by atoms with Crippen molar-refractivity contribution >= 4 is 17.5 Å². The second-order valence-electron chi connectivity index (χ2n) is 6.20. The van der Waals surface area contributed by atoms with Gasteiger partial charge < -0.3 is 4.90 Å². The van der Waals surface area contributed by atoms with E-state index in [0.717, 1.165) is 32.5 Å². The van der Waals surface area contributed by atoms with Crippen LogP contribution in [0.2, 0.25) is 5.02 Å². The Bertz CT molecular complexity index is 723. The van der Waals surface area contributed by atoms with E-state index in [9.17, 15) is 9.18 Å². The summed E-state index contributed by atoms with van der Waals surface area (Å²) in [4.78, 5) is 14.3. The number of piperidine rings is 1. The highest BCUT2D eigenvalue weighted by molar-refractivity contribution is 6.31. The molecule has 24 heavy (non-hydrogen) atoms. The van der Waals surface area contributed by atoms with Crippen LogP contribution in [-0.2, 0) is 17.8 Å². The van der Waals surface area contributed by atoms with E-state index < -0.39 is 0 Å². The van der Waals surface area contributed by atoms with Gasteiger partial charge in [0.2, 0.25) is 5.91 Å². The van der Waals surface area contributed by atoms with Crippen molar-refractivity contribution in [1.82, 2.24) is 14.7 Å². The van der Waals surface area contributed by atoms with Crippen LogP contribution in [0.3, 0.4) is 0 Å². The van der Waals surface area contributed by atoms with E-state index in [2.05, 4.69) is 18.2 Å². The highest BCUT2D eigenvalue weighted by Gasteiger charge is 2.25. The summed E-state index contributed by atoms with van der Waals surface area (Å²) >= 11 is 6.01. The largest absolute Gasteiger partial charge is 0.342 e. The van der Waals surface area contributed by atoms with E-state index in [4.69, 9.17) is 11.6 Å². The Morgan fingerprint density at radius 2 is 2.12 bits per heavy atom. The van der Waals surface area contributed by atoms with E-state index in [-0.39, 0.29) is 18.1 Å². The minimum absolute atomic E-state index is 0.0474. The SMILES string of the molecule is CCn1cc(C2CCN(C(=O)Cc3ccc(F)cc3Cl)CC2)cn1. The summed E-state index contributed by atoms with van der Waals surface area (Å²) in [5.74, 6) is 0.125. The molecule has 2 heterocycles. The molecule has 1 amide bonds. The van der Waals surface area contributed by atoms with Crippen LogP contribution in [0.5, 0.6) is 0 Å². The van der Waals surface area contributed by atoms with Gasteiger partial charge in [0.1, 0.15) is 5.82 Å². The maximum atomic E-state index is 13.1. The average molecular weight is 350 g/mol. The van der Waals surface area contributed by atoms with Gasteiger partial charge in [0.15, 0.2) is 0 Å². The van der Waals surface area contributed by atoms with E-state index in [0.29, 0.717) is 16.5 Å². The standard InChI is InChI=1S/C18H21ClFN3O/c1-2-23-12-15(11-21-23)13-5-7-22(8-6-13)18(24)9-14-3-4-16(20)10-17(14)19/h3-4,10-13H,2,5-9H2,1H3. The fourth-order valence-corrected chi connectivity index (χ4v) is 3.40. The molecule has 0 N–H and O–H groups in total. The molecule has 0 atom stereocenters. The number of carbonyl (C=O) groups is 1. The van der Waals surface area contributed by atoms with Crippen molar-refractivity contribution in [3.05, 3.63) is 52.6 Å². The first-order valence-corrected chi connectivity index (χ1v) is 8.68. The predicted molar refractivity (Wildman–Crippen MR) is 91.6 cm³/mol. The van der Waals surface area contributed by atoms with Crippen LogP contribution >= 0.6 is 11.6 Å². The van der Waals surface area contributed by atoms with Gasteiger partial charge in [-0.3, -0.25) is 9.48 Å². The number of amides is 1. The third kappa shape index (κ3) is 3.78. The zero-order chi connectivity index (χ0) is 17.1. The first kappa shape index (κ1) is 17.0. The molecule has 0 spiro atoms. The summed E-state index contributed by atoms with van der Waals surface area (Å²) in [6.07, 6.45) is 6.14. The number of carbonyl (C=O) groups excluding carboxylic acids is 1. The van der Waals surface area contributed by atoms with Crippen LogP contribution in [0, 0.1) is 5.82 Å². The maximum absolute atomic E-state index is 13.1. The number of halogens is 2. The highest BCUT2D eigenvalue weighted by atomic mass is 35.5. The van der Waals surface area contributed by atoms with E-state index in [1.165, 1.54) is 17.7 Å². The molecule has 128 valence electrons. The Labute approximate surface area is 146 Å². The Morgan fingerprint density at radius 1 is 1.38 bits per heavy atom. The molecule has 1 saturated heterocycles. The molecule has 4 nitrogen and oxygen atoms in total. The number of rotatable bonds is 4. The summed E-state index contributed by atoms with van der Waals surface area (Å²) < 4.78 is 15.0. The molecule has 0 saturated carbocycles. The molecule has 6 heteroatoms. The summed E-state index contributed by atoms with van der Waals surface area (Å²) in [5.41, 5.74) is 1.93. The monoisotopic (exact) mass is 349 g/mol. The van der Waals surface area contributed by atoms with Crippen LogP contribution in [-0.4, -0.2) is 33.7 Å². The van der Waals surface area contributed by atoms with Crippen molar-refractivity contribution in [2.45, 2.75) is 38.6 Å². The summed E-state index contributed by atoms with van der Waals surface area (Å²) in [5, 5.41) is 4.64. The van der Waals surface area contributed by atoms with Gasteiger partial charge in [-0.2, -0.15) is 5.10 Å². The molecule has 1 aromatic heterocycles. The molecule has 0 radical (unpaired) electrons. The van der Waals surface area contributed by atoms with E-state index in [1.54, 1.807) is 6.07 Å². The van der Waals surface area contributed by atoms with Gasteiger partial charge >= 0.3 is 0 Å². The molecule has 0 aliphatic carbocycles. The van der Waals surface area contributed by atoms with Gasteiger partial charge in [-0.05, 0) is 48.9 Å². The fraction of sp³-hybridized carbons (Fsp3) is 0.444. The van der Waals surface area contributed by atoms with E-state index >= 15 is 0 Å². The summed E-state index contributed by atoms with van der Waals surface area (Å²) in [7, 11) is 0. The van der Waals surface area contributed by atoms with Gasteiger partial charge in [0.05, 0.1) is 12.6 Å². The van der Waals surface area contributed by atoms with Crippen molar-refractivity contribution in [1.29, 1.82) is 0 Å². The Morgan fingerprint density at radius 3 is 2.75 bits per heavy atom. The summed E-state index contributed by atoms with van der Waals surface area (Å²) in [6.45, 7) is 4.41. The van der Waals surface area contributed by atoms with Crippen molar-refractivity contribution in [2.75, 3.05) is 13.1 Å². The number of aryl methyl sites for hydroxylation is 1. The molecule has 3 rings (SSSR count). The molecule has 2 aromatic rings. The quantitative estimate of drug-likeness (QED) is 0.845. The number of likely N-dealkylation sites (tertiary alicyclic amines) is 1. The number of benzene rings is 1. The van der Waals surface area contributed by atoms with Gasteiger partial charge in [-0.1, -0.05) is 17.7 Å².